The Labute approximate surface area is 258 Å². The van der Waals surface area contributed by atoms with Crippen molar-refractivity contribution in [3.63, 3.8) is 0 Å². The number of imidazole rings is 1. The molecule has 2 heterocycles. The number of aromatic nitrogens is 6. The van der Waals surface area contributed by atoms with Gasteiger partial charge >= 0.3 is 6.16 Å². The zero-order chi connectivity index (χ0) is 31.5. The number of unbranched alkanes of at least 4 members (excludes halogenated alkanes) is 2. The van der Waals surface area contributed by atoms with Gasteiger partial charge in [-0.25, -0.2) is 9.78 Å². The van der Waals surface area contributed by atoms with E-state index in [4.69, 9.17) is 21.1 Å². The third-order valence-corrected chi connectivity index (χ3v) is 6.93. The van der Waals surface area contributed by atoms with Crippen molar-refractivity contribution in [1.82, 2.24) is 29.8 Å². The number of hydrogen-bond donors (Lipinski definition) is 0. The van der Waals surface area contributed by atoms with Crippen molar-refractivity contribution in [3.8, 4) is 22.5 Å². The number of carbonyl (C=O) groups excluding carboxylic acids is 2. The third-order valence-electron chi connectivity index (χ3n) is 6.66. The van der Waals surface area contributed by atoms with Crippen molar-refractivity contribution < 1.29 is 29.0 Å². The Morgan fingerprint density at radius 2 is 1.82 bits per heavy atom. The Morgan fingerprint density at radius 3 is 2.52 bits per heavy atom. The average Bonchev–Trinajstić information content (AvgIpc) is 3.62. The van der Waals surface area contributed by atoms with Gasteiger partial charge in [-0.05, 0) is 48.1 Å². The standard InChI is InChI=1S/C29H32ClN7O7/c1-3-4-11-26-31-27(30)25(19-38)35(26)18-21-12-14-22(15-13-21)23-9-5-6-10-24(23)28-32-34-36(33-28)20(2)44-29(39)42-16-7-8-17-43-37(40)41/h5-6,9-10,12-15,19-20H,3-4,7-8,11,16-18H2,1-2H3. The molecule has 0 aliphatic rings. The Kier molecular flexibility index (Phi) is 11.3. The molecule has 4 aromatic rings. The molecule has 0 aliphatic heterocycles. The molecule has 14 nitrogen and oxygen atoms in total. The largest absolute Gasteiger partial charge is 0.510 e. The lowest BCUT2D eigenvalue weighted by atomic mass is 9.98. The predicted octanol–water partition coefficient (Wildman–Crippen LogP) is 5.72. The number of hydrogen-bond acceptors (Lipinski definition) is 11. The summed E-state index contributed by atoms with van der Waals surface area (Å²) in [5, 5.41) is 22.1. The number of ether oxygens (including phenoxy) is 2. The minimum atomic E-state index is -0.928. The summed E-state index contributed by atoms with van der Waals surface area (Å²) < 4.78 is 12.1. The number of nitrogens with zero attached hydrogens (tertiary/aromatic N) is 7. The first kappa shape index (κ1) is 32.1. The zero-order valence-electron chi connectivity index (χ0n) is 24.3. The molecule has 44 heavy (non-hydrogen) atoms. The van der Waals surface area contributed by atoms with Crippen LogP contribution in [-0.4, -0.2) is 60.5 Å². The van der Waals surface area contributed by atoms with E-state index >= 15 is 0 Å². The summed E-state index contributed by atoms with van der Waals surface area (Å²) in [7, 11) is 0. The van der Waals surface area contributed by atoms with Crippen molar-refractivity contribution >= 4 is 24.0 Å². The first-order valence-corrected chi connectivity index (χ1v) is 14.5. The van der Waals surface area contributed by atoms with Gasteiger partial charge in [-0.15, -0.1) is 25.1 Å². The van der Waals surface area contributed by atoms with Crippen LogP contribution in [0.4, 0.5) is 4.79 Å². The predicted molar refractivity (Wildman–Crippen MR) is 158 cm³/mol. The van der Waals surface area contributed by atoms with Crippen LogP contribution in [0.25, 0.3) is 22.5 Å². The van der Waals surface area contributed by atoms with Gasteiger partial charge in [0.05, 0.1) is 13.2 Å². The van der Waals surface area contributed by atoms with Crippen molar-refractivity contribution in [2.24, 2.45) is 0 Å². The van der Waals surface area contributed by atoms with Crippen LogP contribution in [0.3, 0.4) is 0 Å². The van der Waals surface area contributed by atoms with E-state index in [9.17, 15) is 19.7 Å². The number of carbonyl (C=O) groups is 2. The smallest absolute Gasteiger partial charge is 0.434 e. The van der Waals surface area contributed by atoms with E-state index in [0.29, 0.717) is 30.9 Å². The molecule has 0 saturated heterocycles. The van der Waals surface area contributed by atoms with Gasteiger partial charge in [0.15, 0.2) is 11.4 Å². The highest BCUT2D eigenvalue weighted by Gasteiger charge is 2.19. The maximum absolute atomic E-state index is 12.0. The van der Waals surface area contributed by atoms with Gasteiger partial charge < -0.3 is 18.9 Å². The van der Waals surface area contributed by atoms with Crippen LogP contribution in [0.1, 0.15) is 67.6 Å². The Balaban J connectivity index is 1.42. The Hall–Kier alpha value is -4.85. The van der Waals surface area contributed by atoms with Gasteiger partial charge in [-0.3, -0.25) is 4.79 Å². The van der Waals surface area contributed by atoms with Crippen LogP contribution in [0.5, 0.6) is 0 Å². The van der Waals surface area contributed by atoms with Crippen LogP contribution in [0.2, 0.25) is 5.15 Å². The van der Waals surface area contributed by atoms with E-state index in [1.165, 1.54) is 4.80 Å². The summed E-state index contributed by atoms with van der Waals surface area (Å²) in [6, 6.07) is 15.5. The van der Waals surface area contributed by atoms with Gasteiger partial charge in [-0.2, -0.15) is 0 Å². The molecule has 0 fully saturated rings. The number of tetrazole rings is 1. The highest BCUT2D eigenvalue weighted by atomic mass is 35.5. The van der Waals surface area contributed by atoms with E-state index in [0.717, 1.165) is 53.6 Å². The summed E-state index contributed by atoms with van der Waals surface area (Å²) in [6.07, 6.45) is 2.32. The summed E-state index contributed by atoms with van der Waals surface area (Å²) in [5.41, 5.74) is 3.86. The van der Waals surface area contributed by atoms with Crippen LogP contribution in [0.15, 0.2) is 48.5 Å². The van der Waals surface area contributed by atoms with Crippen LogP contribution >= 0.6 is 11.6 Å². The van der Waals surface area contributed by atoms with Gasteiger partial charge in [0.2, 0.25) is 12.1 Å². The average molecular weight is 626 g/mol. The summed E-state index contributed by atoms with van der Waals surface area (Å²) in [6.45, 7) is 4.06. The molecular formula is C29H32ClN7O7. The highest BCUT2D eigenvalue weighted by Crippen LogP contribution is 2.30. The molecule has 0 radical (unpaired) electrons. The Bertz CT molecular complexity index is 1570. The third kappa shape index (κ3) is 8.37. The monoisotopic (exact) mass is 625 g/mol. The lowest BCUT2D eigenvalue weighted by Crippen LogP contribution is -2.18. The molecule has 0 spiro atoms. The molecule has 232 valence electrons. The van der Waals surface area contributed by atoms with Gasteiger partial charge in [0.1, 0.15) is 11.5 Å². The molecular weight excluding hydrogens is 594 g/mol. The molecule has 2 aromatic heterocycles. The zero-order valence-corrected chi connectivity index (χ0v) is 25.1. The second kappa shape index (κ2) is 15.6. The molecule has 1 atom stereocenters. The van der Waals surface area contributed by atoms with Gasteiger partial charge in [0, 0.05) is 18.5 Å². The van der Waals surface area contributed by atoms with Gasteiger partial charge in [0.25, 0.3) is 5.09 Å². The quantitative estimate of drug-likeness (QED) is 0.0491. The number of aldehydes is 1. The lowest BCUT2D eigenvalue weighted by Gasteiger charge is -2.12. The molecule has 0 amide bonds. The molecule has 4 rings (SSSR count). The van der Waals surface area contributed by atoms with Crippen molar-refractivity contribution in [3.05, 3.63) is 80.9 Å². The summed E-state index contributed by atoms with van der Waals surface area (Å²) in [4.78, 5) is 43.6. The van der Waals surface area contributed by atoms with Crippen molar-refractivity contribution in [2.45, 2.75) is 58.7 Å². The van der Waals surface area contributed by atoms with Crippen LogP contribution < -0.4 is 0 Å². The summed E-state index contributed by atoms with van der Waals surface area (Å²) >= 11 is 6.23. The number of aryl methyl sites for hydroxylation is 1. The molecule has 0 N–H and O–H groups in total. The molecule has 0 bridgehead atoms. The molecule has 1 unspecified atom stereocenters. The van der Waals surface area contributed by atoms with Gasteiger partial charge in [-0.1, -0.05) is 73.5 Å². The fourth-order valence-corrected chi connectivity index (χ4v) is 4.65. The topological polar surface area (TPSA) is 166 Å². The minimum absolute atomic E-state index is 0.0170. The fraction of sp³-hybridized carbons (Fsp3) is 0.379. The van der Waals surface area contributed by atoms with E-state index in [-0.39, 0.29) is 18.4 Å². The first-order chi connectivity index (χ1) is 21.3. The first-order valence-electron chi connectivity index (χ1n) is 14.1. The number of benzene rings is 2. The molecule has 0 saturated carbocycles. The summed E-state index contributed by atoms with van der Waals surface area (Å²) in [5.74, 6) is 1.12. The van der Waals surface area contributed by atoms with Crippen LogP contribution in [-0.2, 0) is 27.3 Å². The Morgan fingerprint density at radius 1 is 1.09 bits per heavy atom. The van der Waals surface area contributed by atoms with E-state index in [1.807, 2.05) is 53.1 Å². The maximum atomic E-state index is 12.0. The lowest BCUT2D eigenvalue weighted by molar-refractivity contribution is -0.757. The molecule has 2 aromatic carbocycles. The normalized spacial score (nSPS) is 11.6. The van der Waals surface area contributed by atoms with Crippen molar-refractivity contribution in [1.29, 1.82) is 0 Å². The molecule has 15 heteroatoms. The van der Waals surface area contributed by atoms with E-state index < -0.39 is 17.5 Å². The van der Waals surface area contributed by atoms with Crippen molar-refractivity contribution in [2.75, 3.05) is 13.2 Å². The second-order valence-corrected chi connectivity index (χ2v) is 10.1. The number of rotatable bonds is 16. The van der Waals surface area contributed by atoms with Crippen LogP contribution in [0, 0.1) is 10.1 Å². The highest BCUT2D eigenvalue weighted by molar-refractivity contribution is 6.31. The van der Waals surface area contributed by atoms with E-state index in [2.05, 4.69) is 32.2 Å². The fourth-order valence-electron chi connectivity index (χ4n) is 4.40. The van der Waals surface area contributed by atoms with E-state index in [1.54, 1.807) is 6.92 Å². The second-order valence-electron chi connectivity index (χ2n) is 9.77. The minimum Gasteiger partial charge on any atom is -0.434 e. The SMILES string of the molecule is CCCCc1nc(Cl)c(C=O)n1Cc1ccc(-c2ccccc2-c2nnn(C(C)OC(=O)OCCCCO[N+](=O)[O-])n2)cc1. The molecule has 0 aliphatic carbocycles. The number of halogens is 1. The maximum Gasteiger partial charge on any atom is 0.510 e.